The number of aryl methyl sites for hydroxylation is 1. The summed E-state index contributed by atoms with van der Waals surface area (Å²) >= 11 is 3.44. The van der Waals surface area contributed by atoms with Crippen molar-refractivity contribution in [3.63, 3.8) is 0 Å². The number of nitriles is 1. The van der Waals surface area contributed by atoms with E-state index in [1.54, 1.807) is 4.57 Å². The first-order valence-corrected chi connectivity index (χ1v) is 6.39. The third kappa shape index (κ3) is 2.27. The monoisotopic (exact) mass is 295 g/mol. The molecular formula is C12H14BrN3O. The van der Waals surface area contributed by atoms with Crippen LogP contribution in [0.25, 0.3) is 0 Å². The summed E-state index contributed by atoms with van der Waals surface area (Å²) in [6.45, 7) is 4.32. The third-order valence-corrected chi connectivity index (χ3v) is 4.59. The van der Waals surface area contributed by atoms with Crippen LogP contribution in [0.15, 0.2) is 9.27 Å². The van der Waals surface area contributed by atoms with E-state index in [-0.39, 0.29) is 11.1 Å². The molecule has 0 aliphatic heterocycles. The highest BCUT2D eigenvalue weighted by Gasteiger charge is 2.43. The van der Waals surface area contributed by atoms with Crippen molar-refractivity contribution < 1.29 is 0 Å². The van der Waals surface area contributed by atoms with Gasteiger partial charge in [-0.05, 0) is 42.6 Å². The molecule has 0 bridgehead atoms. The highest BCUT2D eigenvalue weighted by molar-refractivity contribution is 9.10. The molecule has 0 aromatic carbocycles. The topological polar surface area (TPSA) is 58.7 Å². The van der Waals surface area contributed by atoms with Crippen LogP contribution < -0.4 is 5.69 Å². The summed E-state index contributed by atoms with van der Waals surface area (Å²) in [5.74, 6) is 0. The van der Waals surface area contributed by atoms with Crippen LogP contribution in [-0.2, 0) is 6.54 Å². The van der Waals surface area contributed by atoms with Crippen molar-refractivity contribution in [1.82, 2.24) is 9.55 Å². The fraction of sp³-hybridized carbons (Fsp3) is 0.583. The highest BCUT2D eigenvalue weighted by atomic mass is 79.9. The molecule has 0 atom stereocenters. The maximum absolute atomic E-state index is 11.9. The van der Waals surface area contributed by atoms with Crippen molar-refractivity contribution in [3.05, 3.63) is 26.3 Å². The van der Waals surface area contributed by atoms with Crippen molar-refractivity contribution in [2.45, 2.75) is 39.7 Å². The second-order valence-electron chi connectivity index (χ2n) is 4.80. The van der Waals surface area contributed by atoms with Gasteiger partial charge in [0.1, 0.15) is 0 Å². The van der Waals surface area contributed by atoms with Gasteiger partial charge in [-0.1, -0.05) is 0 Å². The Morgan fingerprint density at radius 3 is 2.71 bits per heavy atom. The Balaban J connectivity index is 2.38. The van der Waals surface area contributed by atoms with E-state index < -0.39 is 0 Å². The normalized spacial score (nSPS) is 16.6. The van der Waals surface area contributed by atoms with Gasteiger partial charge in [0.15, 0.2) is 0 Å². The molecule has 0 unspecified atom stereocenters. The smallest absolute Gasteiger partial charge is 0.295 e. The second kappa shape index (κ2) is 4.26. The summed E-state index contributed by atoms with van der Waals surface area (Å²) in [5, 5.41) is 8.79. The van der Waals surface area contributed by atoms with Crippen LogP contribution in [0.3, 0.4) is 0 Å². The van der Waals surface area contributed by atoms with E-state index in [9.17, 15) is 4.79 Å². The fourth-order valence-electron chi connectivity index (χ4n) is 2.03. The van der Waals surface area contributed by atoms with Crippen LogP contribution in [0.2, 0.25) is 0 Å². The minimum Gasteiger partial charge on any atom is -0.295 e. The number of rotatable bonds is 3. The predicted molar refractivity (Wildman–Crippen MR) is 67.6 cm³/mol. The average Bonchev–Trinajstić information content (AvgIpc) is 3.02. The quantitative estimate of drug-likeness (QED) is 0.860. The molecule has 4 nitrogen and oxygen atoms in total. The van der Waals surface area contributed by atoms with E-state index in [1.807, 2.05) is 13.8 Å². The first-order chi connectivity index (χ1) is 7.99. The Morgan fingerprint density at radius 2 is 2.18 bits per heavy atom. The van der Waals surface area contributed by atoms with Crippen LogP contribution in [0.5, 0.6) is 0 Å². The van der Waals surface area contributed by atoms with Gasteiger partial charge in [0.05, 0.1) is 16.2 Å². The lowest BCUT2D eigenvalue weighted by atomic mass is 10.0. The average molecular weight is 296 g/mol. The molecule has 5 heteroatoms. The van der Waals surface area contributed by atoms with Gasteiger partial charge in [0, 0.05) is 24.1 Å². The summed E-state index contributed by atoms with van der Waals surface area (Å²) in [6.07, 6.45) is 2.57. The molecule has 1 fully saturated rings. The minimum absolute atomic E-state index is 0.0136. The molecule has 17 heavy (non-hydrogen) atoms. The molecule has 2 rings (SSSR count). The van der Waals surface area contributed by atoms with Crippen LogP contribution in [-0.4, -0.2) is 9.55 Å². The summed E-state index contributed by atoms with van der Waals surface area (Å²) in [6, 6.07) is 2.21. The third-order valence-electron chi connectivity index (χ3n) is 3.44. The van der Waals surface area contributed by atoms with Gasteiger partial charge < -0.3 is 0 Å². The van der Waals surface area contributed by atoms with E-state index in [1.165, 1.54) is 0 Å². The maximum Gasteiger partial charge on any atom is 0.348 e. The molecule has 1 aliphatic rings. The molecule has 1 aromatic rings. The van der Waals surface area contributed by atoms with Gasteiger partial charge in [0.2, 0.25) is 0 Å². The molecule has 1 aliphatic carbocycles. The molecule has 0 spiro atoms. The van der Waals surface area contributed by atoms with E-state index in [4.69, 9.17) is 5.26 Å². The number of aromatic nitrogens is 2. The number of hydrogen-bond acceptors (Lipinski definition) is 3. The van der Waals surface area contributed by atoms with Crippen molar-refractivity contribution in [3.8, 4) is 6.07 Å². The molecule has 0 radical (unpaired) electrons. The molecule has 90 valence electrons. The SMILES string of the molecule is Cc1nc(=O)n(CC2(CC#N)CC2)c(C)c1Br. The zero-order valence-corrected chi connectivity index (χ0v) is 11.5. The van der Waals surface area contributed by atoms with E-state index in [0.717, 1.165) is 23.0 Å². The van der Waals surface area contributed by atoms with Crippen LogP contribution >= 0.6 is 15.9 Å². The van der Waals surface area contributed by atoms with E-state index >= 15 is 0 Å². The fourth-order valence-corrected chi connectivity index (χ4v) is 2.34. The van der Waals surface area contributed by atoms with Crippen LogP contribution in [0.1, 0.15) is 30.7 Å². The number of nitrogens with zero attached hydrogens (tertiary/aromatic N) is 3. The van der Waals surface area contributed by atoms with E-state index in [0.29, 0.717) is 18.7 Å². The molecule has 1 saturated carbocycles. The zero-order valence-electron chi connectivity index (χ0n) is 9.96. The summed E-state index contributed by atoms with van der Waals surface area (Å²) in [4.78, 5) is 15.9. The molecular weight excluding hydrogens is 282 g/mol. The lowest BCUT2D eigenvalue weighted by Crippen LogP contribution is -2.29. The van der Waals surface area contributed by atoms with Crippen molar-refractivity contribution >= 4 is 15.9 Å². The lowest BCUT2D eigenvalue weighted by Gasteiger charge is -2.17. The Bertz CT molecular complexity index is 552. The Labute approximate surface area is 108 Å². The van der Waals surface area contributed by atoms with Crippen LogP contribution in [0.4, 0.5) is 0 Å². The van der Waals surface area contributed by atoms with Gasteiger partial charge in [-0.15, -0.1) is 0 Å². The summed E-state index contributed by atoms with van der Waals surface area (Å²) < 4.78 is 2.56. The lowest BCUT2D eigenvalue weighted by molar-refractivity contribution is 0.411. The summed E-state index contributed by atoms with van der Waals surface area (Å²) in [5.41, 5.74) is 1.41. The Morgan fingerprint density at radius 1 is 1.53 bits per heavy atom. The first-order valence-electron chi connectivity index (χ1n) is 5.60. The largest absolute Gasteiger partial charge is 0.348 e. The predicted octanol–water partition coefficient (Wildman–Crippen LogP) is 2.32. The standard InChI is InChI=1S/C12H14BrN3O/c1-8-10(13)9(2)16(11(17)15-8)7-12(3-4-12)5-6-14/h3-5,7H2,1-2H3. The van der Waals surface area contributed by atoms with Crippen LogP contribution in [0, 0.1) is 30.6 Å². The molecule has 0 N–H and O–H groups in total. The molecule has 1 heterocycles. The Hall–Kier alpha value is -1.15. The van der Waals surface area contributed by atoms with Crippen molar-refractivity contribution in [2.24, 2.45) is 5.41 Å². The minimum atomic E-state index is -0.215. The van der Waals surface area contributed by atoms with Gasteiger partial charge in [-0.25, -0.2) is 4.79 Å². The highest BCUT2D eigenvalue weighted by Crippen LogP contribution is 2.49. The van der Waals surface area contributed by atoms with Gasteiger partial charge in [-0.3, -0.25) is 4.57 Å². The number of hydrogen-bond donors (Lipinski definition) is 0. The van der Waals surface area contributed by atoms with Crippen molar-refractivity contribution in [2.75, 3.05) is 0 Å². The molecule has 1 aromatic heterocycles. The van der Waals surface area contributed by atoms with E-state index in [2.05, 4.69) is 27.0 Å². The van der Waals surface area contributed by atoms with Crippen molar-refractivity contribution in [1.29, 1.82) is 5.26 Å². The number of halogens is 1. The summed E-state index contributed by atoms with van der Waals surface area (Å²) in [7, 11) is 0. The van der Waals surface area contributed by atoms with Gasteiger partial charge in [0.25, 0.3) is 0 Å². The first kappa shape index (κ1) is 12.3. The Kier molecular flexibility index (Phi) is 3.09. The zero-order chi connectivity index (χ0) is 12.6. The molecule has 0 saturated heterocycles. The maximum atomic E-state index is 11.9. The second-order valence-corrected chi connectivity index (χ2v) is 5.59. The molecule has 0 amide bonds. The van der Waals surface area contributed by atoms with Gasteiger partial charge >= 0.3 is 5.69 Å². The van der Waals surface area contributed by atoms with Gasteiger partial charge in [-0.2, -0.15) is 10.2 Å².